The van der Waals surface area contributed by atoms with Crippen LogP contribution in [0.1, 0.15) is 36.0 Å². The Hall–Kier alpha value is -2.36. The van der Waals surface area contributed by atoms with Crippen molar-refractivity contribution < 1.29 is 4.79 Å². The maximum Gasteiger partial charge on any atom is 0.259 e. The molecule has 32 heavy (non-hydrogen) atoms. The number of benzene rings is 1. The lowest BCUT2D eigenvalue weighted by molar-refractivity contribution is -0.116. The number of thiophene rings is 1. The van der Waals surface area contributed by atoms with Crippen LogP contribution >= 0.6 is 38.6 Å². The molecule has 0 radical (unpaired) electrons. The van der Waals surface area contributed by atoms with Gasteiger partial charge in [0.15, 0.2) is 5.13 Å². The van der Waals surface area contributed by atoms with Gasteiger partial charge in [-0.05, 0) is 46.7 Å². The van der Waals surface area contributed by atoms with Crippen molar-refractivity contribution >= 4 is 59.9 Å². The van der Waals surface area contributed by atoms with Gasteiger partial charge in [0.2, 0.25) is 5.91 Å². The summed E-state index contributed by atoms with van der Waals surface area (Å²) < 4.78 is 0.867. The molecule has 1 unspecified atom stereocenters. The lowest BCUT2D eigenvalue weighted by Crippen LogP contribution is -2.17. The topological polar surface area (TPSA) is 87.7 Å². The average Bonchev–Trinajstić information content (AvgIpc) is 3.32. The Morgan fingerprint density at radius 3 is 2.88 bits per heavy atom. The monoisotopic (exact) mass is 528 g/mol. The number of rotatable bonds is 5. The number of hydrogen-bond acceptors (Lipinski definition) is 6. The van der Waals surface area contributed by atoms with Crippen molar-refractivity contribution in [3.63, 3.8) is 0 Å². The molecular formula is C23H21BrN4O2S2. The zero-order chi connectivity index (χ0) is 22.2. The van der Waals surface area contributed by atoms with Gasteiger partial charge in [-0.15, -0.1) is 11.3 Å². The Morgan fingerprint density at radius 1 is 1.25 bits per heavy atom. The fraction of sp³-hybridized carbons (Fsp3) is 0.304. The largest absolute Gasteiger partial charge is 0.310 e. The van der Waals surface area contributed by atoms with Crippen molar-refractivity contribution in [3.8, 4) is 11.3 Å². The molecule has 5 rings (SSSR count). The molecule has 0 saturated heterocycles. The molecule has 3 heterocycles. The molecule has 6 nitrogen and oxygen atoms in total. The van der Waals surface area contributed by atoms with Crippen molar-refractivity contribution in [2.24, 2.45) is 5.92 Å². The second-order valence-electron chi connectivity index (χ2n) is 8.10. The van der Waals surface area contributed by atoms with Crippen molar-refractivity contribution in [2.75, 3.05) is 5.32 Å². The summed E-state index contributed by atoms with van der Waals surface area (Å²) in [4.78, 5) is 39.4. The summed E-state index contributed by atoms with van der Waals surface area (Å²) in [7, 11) is 0. The van der Waals surface area contributed by atoms with Gasteiger partial charge in [0.05, 0.1) is 14.9 Å². The summed E-state index contributed by atoms with van der Waals surface area (Å²) in [6.07, 6.45) is 3.65. The van der Waals surface area contributed by atoms with E-state index >= 15 is 0 Å². The molecule has 9 heteroatoms. The zero-order valence-corrected chi connectivity index (χ0v) is 20.6. The highest BCUT2D eigenvalue weighted by molar-refractivity contribution is 9.11. The van der Waals surface area contributed by atoms with E-state index in [1.54, 1.807) is 11.3 Å². The summed E-state index contributed by atoms with van der Waals surface area (Å²) >= 11 is 6.54. The van der Waals surface area contributed by atoms with Crippen LogP contribution in [-0.4, -0.2) is 20.9 Å². The summed E-state index contributed by atoms with van der Waals surface area (Å²) in [6, 6.07) is 9.82. The third kappa shape index (κ3) is 4.29. The normalized spacial score (nSPS) is 15.6. The standard InChI is InChI=1S/C23H21BrN4O2S2/c1-12-7-8-14-15(11-12)31-22-18(14)21(30)25-16(26-22)9-10-17(29)27-23-28-19(20(24)32-23)13-5-3-2-4-6-13/h2-6,12H,7-11H2,1H3,(H,25,26,30)(H,27,28,29). The number of carbonyl (C=O) groups excluding carboxylic acids is 1. The van der Waals surface area contributed by atoms with Crippen LogP contribution in [0.4, 0.5) is 5.13 Å². The number of fused-ring (bicyclic) bond motifs is 3. The molecule has 1 aromatic carbocycles. The smallest absolute Gasteiger partial charge is 0.259 e. The molecule has 4 aromatic rings. The van der Waals surface area contributed by atoms with E-state index in [0.29, 0.717) is 23.3 Å². The Labute approximate surface area is 201 Å². The third-order valence-electron chi connectivity index (χ3n) is 5.68. The summed E-state index contributed by atoms with van der Waals surface area (Å²) in [6.45, 7) is 2.25. The summed E-state index contributed by atoms with van der Waals surface area (Å²) in [5.74, 6) is 1.04. The number of carbonyl (C=O) groups is 1. The van der Waals surface area contributed by atoms with Crippen LogP contribution in [0.3, 0.4) is 0 Å². The second-order valence-corrected chi connectivity index (χ2v) is 11.5. The van der Waals surface area contributed by atoms with Gasteiger partial charge >= 0.3 is 0 Å². The molecule has 0 spiro atoms. The predicted molar refractivity (Wildman–Crippen MR) is 134 cm³/mol. The minimum atomic E-state index is -0.159. The van der Waals surface area contributed by atoms with Crippen molar-refractivity contribution in [1.82, 2.24) is 15.0 Å². The maximum absolute atomic E-state index is 12.7. The van der Waals surface area contributed by atoms with Gasteiger partial charge in [-0.25, -0.2) is 9.97 Å². The fourth-order valence-corrected chi connectivity index (χ4v) is 6.97. The van der Waals surface area contributed by atoms with E-state index in [1.807, 2.05) is 30.3 Å². The van der Waals surface area contributed by atoms with E-state index < -0.39 is 0 Å². The zero-order valence-electron chi connectivity index (χ0n) is 17.4. The number of thiazole rings is 1. The SMILES string of the molecule is CC1CCc2c(sc3nc(CCC(=O)Nc4nc(-c5ccccc5)c(Br)s4)[nH]c(=O)c23)C1. The molecule has 1 atom stereocenters. The molecule has 2 N–H and O–H groups in total. The first kappa shape index (κ1) is 21.5. The quantitative estimate of drug-likeness (QED) is 0.354. The van der Waals surface area contributed by atoms with Crippen molar-refractivity contribution in [2.45, 2.75) is 39.0 Å². The van der Waals surface area contributed by atoms with Crippen LogP contribution < -0.4 is 10.9 Å². The van der Waals surface area contributed by atoms with E-state index in [4.69, 9.17) is 0 Å². The number of nitrogens with zero attached hydrogens (tertiary/aromatic N) is 2. The molecular weight excluding hydrogens is 508 g/mol. The van der Waals surface area contributed by atoms with Crippen molar-refractivity contribution in [1.29, 1.82) is 0 Å². The minimum Gasteiger partial charge on any atom is -0.310 e. The number of hydrogen-bond donors (Lipinski definition) is 2. The Bertz CT molecular complexity index is 1360. The van der Waals surface area contributed by atoms with Crippen LogP contribution in [0.5, 0.6) is 0 Å². The second kappa shape index (κ2) is 8.88. The number of anilines is 1. The van der Waals surface area contributed by atoms with Crippen LogP contribution in [-0.2, 0) is 24.1 Å². The highest BCUT2D eigenvalue weighted by Gasteiger charge is 2.23. The number of halogens is 1. The summed E-state index contributed by atoms with van der Waals surface area (Å²) in [5.41, 5.74) is 2.87. The molecule has 0 aliphatic heterocycles. The lowest BCUT2D eigenvalue weighted by atomic mass is 9.89. The molecule has 164 valence electrons. The van der Waals surface area contributed by atoms with E-state index in [0.717, 1.165) is 44.5 Å². The number of nitrogens with one attached hydrogen (secondary N) is 2. The average molecular weight is 529 g/mol. The van der Waals surface area contributed by atoms with Gasteiger partial charge in [0.25, 0.3) is 5.56 Å². The molecule has 1 amide bonds. The maximum atomic E-state index is 12.7. The highest BCUT2D eigenvalue weighted by Crippen LogP contribution is 2.36. The Morgan fingerprint density at radius 2 is 2.06 bits per heavy atom. The van der Waals surface area contributed by atoms with E-state index in [9.17, 15) is 9.59 Å². The van der Waals surface area contributed by atoms with E-state index in [1.165, 1.54) is 21.8 Å². The Balaban J connectivity index is 1.28. The Kier molecular flexibility index (Phi) is 5.96. The van der Waals surface area contributed by atoms with E-state index in [2.05, 4.69) is 43.1 Å². The van der Waals surface area contributed by atoms with E-state index in [-0.39, 0.29) is 17.9 Å². The van der Waals surface area contributed by atoms with Crippen LogP contribution in [0.2, 0.25) is 0 Å². The third-order valence-corrected chi connectivity index (χ3v) is 8.45. The lowest BCUT2D eigenvalue weighted by Gasteiger charge is -2.17. The van der Waals surface area contributed by atoms with Crippen LogP contribution in [0, 0.1) is 5.92 Å². The van der Waals surface area contributed by atoms with Gasteiger partial charge in [0, 0.05) is 23.3 Å². The van der Waals surface area contributed by atoms with Crippen molar-refractivity contribution in [3.05, 3.63) is 60.7 Å². The number of H-pyrrole nitrogens is 1. The van der Waals surface area contributed by atoms with Crippen LogP contribution in [0.15, 0.2) is 38.9 Å². The highest BCUT2D eigenvalue weighted by atomic mass is 79.9. The number of aromatic amines is 1. The first-order chi connectivity index (χ1) is 15.5. The van der Waals surface area contributed by atoms with Gasteiger partial charge < -0.3 is 10.3 Å². The first-order valence-corrected chi connectivity index (χ1v) is 13.0. The van der Waals surface area contributed by atoms with Crippen LogP contribution in [0.25, 0.3) is 21.5 Å². The number of amides is 1. The molecule has 3 aromatic heterocycles. The molecule has 0 saturated carbocycles. The fourth-order valence-electron chi connectivity index (χ4n) is 4.05. The van der Waals surface area contributed by atoms with Gasteiger partial charge in [-0.2, -0.15) is 0 Å². The molecule has 0 bridgehead atoms. The summed E-state index contributed by atoms with van der Waals surface area (Å²) in [5, 5.41) is 4.14. The van der Waals surface area contributed by atoms with Gasteiger partial charge in [-0.1, -0.05) is 48.6 Å². The van der Waals surface area contributed by atoms with Gasteiger partial charge in [-0.3, -0.25) is 9.59 Å². The number of aryl methyl sites for hydroxylation is 2. The van der Waals surface area contributed by atoms with Gasteiger partial charge in [0.1, 0.15) is 10.7 Å². The predicted octanol–water partition coefficient (Wildman–Crippen LogP) is 5.57. The minimum absolute atomic E-state index is 0.0891. The number of aromatic nitrogens is 3. The molecule has 1 aliphatic carbocycles. The first-order valence-electron chi connectivity index (χ1n) is 10.5. The molecule has 0 fully saturated rings. The molecule has 1 aliphatic rings.